The van der Waals surface area contributed by atoms with Crippen LogP contribution < -0.4 is 0 Å². The molecule has 4 aromatic rings. The molecule has 0 saturated heterocycles. The lowest BCUT2D eigenvalue weighted by Gasteiger charge is -2.07. The Bertz CT molecular complexity index is 922. The van der Waals surface area contributed by atoms with Gasteiger partial charge in [-0.2, -0.15) is 0 Å². The van der Waals surface area contributed by atoms with Gasteiger partial charge in [0.1, 0.15) is 6.33 Å². The molecule has 4 rings (SSSR count). The van der Waals surface area contributed by atoms with Gasteiger partial charge in [-0.3, -0.25) is 0 Å². The lowest BCUT2D eigenvalue weighted by Crippen LogP contribution is -1.92. The summed E-state index contributed by atoms with van der Waals surface area (Å²) in [5.41, 5.74) is 4.60. The molecule has 3 nitrogen and oxygen atoms in total. The van der Waals surface area contributed by atoms with Gasteiger partial charge in [-0.1, -0.05) is 12.1 Å². The number of hydrogen-bond donors (Lipinski definition) is 0. The summed E-state index contributed by atoms with van der Waals surface area (Å²) in [4.78, 5) is 8.49. The molecule has 2 aromatic heterocycles. The zero-order valence-electron chi connectivity index (χ0n) is 11.1. The average molecular weight is 259 g/mol. The van der Waals surface area contributed by atoms with E-state index in [0.29, 0.717) is 0 Å². The quantitative estimate of drug-likeness (QED) is 0.519. The minimum Gasteiger partial charge on any atom is -0.316 e. The fourth-order valence-corrected chi connectivity index (χ4v) is 2.67. The molecular weight excluding hydrogens is 246 g/mol. The second-order valence-electron chi connectivity index (χ2n) is 4.98. The molecule has 0 spiro atoms. The van der Waals surface area contributed by atoms with Gasteiger partial charge in [-0.05, 0) is 42.8 Å². The minimum absolute atomic E-state index is 1.00. The molecule has 3 heteroatoms. The number of aryl methyl sites for hydroxylation is 1. The third-order valence-electron chi connectivity index (χ3n) is 3.62. The van der Waals surface area contributed by atoms with Crippen molar-refractivity contribution in [2.24, 2.45) is 0 Å². The fourth-order valence-electron chi connectivity index (χ4n) is 2.67. The fraction of sp³-hybridized carbons (Fsp3) is 0.0588. The Morgan fingerprint density at radius 2 is 2.00 bits per heavy atom. The Morgan fingerprint density at radius 1 is 1.05 bits per heavy atom. The molecule has 0 atom stereocenters. The molecule has 0 N–H and O–H groups in total. The van der Waals surface area contributed by atoms with Crippen LogP contribution in [-0.2, 0) is 0 Å². The first kappa shape index (κ1) is 11.2. The molecule has 0 bridgehead atoms. The maximum absolute atomic E-state index is 4.41. The van der Waals surface area contributed by atoms with Crippen LogP contribution in [0.4, 0.5) is 0 Å². The first-order valence-corrected chi connectivity index (χ1v) is 6.60. The molecule has 0 aliphatic heterocycles. The van der Waals surface area contributed by atoms with Crippen LogP contribution in [0.25, 0.3) is 27.5 Å². The van der Waals surface area contributed by atoms with Gasteiger partial charge in [0, 0.05) is 28.9 Å². The Morgan fingerprint density at radius 3 is 2.90 bits per heavy atom. The van der Waals surface area contributed by atoms with Gasteiger partial charge in [-0.25, -0.2) is 9.97 Å². The maximum Gasteiger partial charge on any atom is 0.116 e. The van der Waals surface area contributed by atoms with Crippen LogP contribution in [0.2, 0.25) is 0 Å². The van der Waals surface area contributed by atoms with Gasteiger partial charge < -0.3 is 4.57 Å². The van der Waals surface area contributed by atoms with Crippen LogP contribution in [0, 0.1) is 6.92 Å². The molecule has 0 radical (unpaired) electrons. The predicted octanol–water partition coefficient (Wildman–Crippen LogP) is 3.88. The van der Waals surface area contributed by atoms with Gasteiger partial charge in [0.2, 0.25) is 0 Å². The van der Waals surface area contributed by atoms with Crippen molar-refractivity contribution in [1.82, 2.24) is 14.5 Å². The molecule has 0 aliphatic carbocycles. The highest BCUT2D eigenvalue weighted by molar-refractivity contribution is 6.04. The Hall–Kier alpha value is -2.68. The van der Waals surface area contributed by atoms with Crippen LogP contribution in [0.3, 0.4) is 0 Å². The van der Waals surface area contributed by atoms with Crippen molar-refractivity contribution in [2.75, 3.05) is 0 Å². The van der Waals surface area contributed by atoms with E-state index < -0.39 is 0 Å². The standard InChI is InChI=1S/C17H13N3/c1-12-3-2-4-14(9-12)20-8-7-15-16(20)6-5-13-10-18-11-19-17(13)15/h2-11H,1H3. The third kappa shape index (κ3) is 1.60. The molecule has 2 aromatic carbocycles. The lowest BCUT2D eigenvalue weighted by molar-refractivity contribution is 1.12. The second kappa shape index (κ2) is 4.17. The van der Waals surface area contributed by atoms with E-state index in [2.05, 4.69) is 70.1 Å². The summed E-state index contributed by atoms with van der Waals surface area (Å²) in [6.07, 6.45) is 5.55. The van der Waals surface area contributed by atoms with E-state index in [9.17, 15) is 0 Å². The number of hydrogen-bond acceptors (Lipinski definition) is 2. The Labute approximate surface area is 116 Å². The van der Waals surface area contributed by atoms with Crippen LogP contribution in [0.5, 0.6) is 0 Å². The van der Waals surface area contributed by atoms with Gasteiger partial charge >= 0.3 is 0 Å². The number of fused-ring (bicyclic) bond motifs is 3. The molecular formula is C17H13N3. The van der Waals surface area contributed by atoms with E-state index in [1.54, 1.807) is 6.33 Å². The minimum atomic E-state index is 1.00. The Balaban J connectivity index is 2.05. The highest BCUT2D eigenvalue weighted by atomic mass is 15.0. The highest BCUT2D eigenvalue weighted by Gasteiger charge is 2.07. The summed E-state index contributed by atoms with van der Waals surface area (Å²) >= 11 is 0. The normalized spacial score (nSPS) is 11.2. The van der Waals surface area contributed by atoms with E-state index in [1.165, 1.54) is 16.8 Å². The molecule has 0 fully saturated rings. The van der Waals surface area contributed by atoms with Gasteiger partial charge in [-0.15, -0.1) is 0 Å². The van der Waals surface area contributed by atoms with E-state index in [0.717, 1.165) is 16.3 Å². The number of rotatable bonds is 1. The summed E-state index contributed by atoms with van der Waals surface area (Å²) in [6, 6.07) is 14.8. The van der Waals surface area contributed by atoms with Gasteiger partial charge in [0.05, 0.1) is 11.0 Å². The first-order valence-electron chi connectivity index (χ1n) is 6.60. The average Bonchev–Trinajstić information content (AvgIpc) is 2.91. The van der Waals surface area contributed by atoms with Crippen molar-refractivity contribution < 1.29 is 0 Å². The monoisotopic (exact) mass is 259 g/mol. The summed E-state index contributed by atoms with van der Waals surface area (Å²) < 4.78 is 2.20. The molecule has 0 amide bonds. The zero-order valence-corrected chi connectivity index (χ0v) is 11.1. The topological polar surface area (TPSA) is 30.7 Å². The smallest absolute Gasteiger partial charge is 0.116 e. The summed E-state index contributed by atoms with van der Waals surface area (Å²) in [6.45, 7) is 2.11. The molecule has 96 valence electrons. The molecule has 20 heavy (non-hydrogen) atoms. The van der Waals surface area contributed by atoms with E-state index in [1.807, 2.05) is 6.20 Å². The first-order chi connectivity index (χ1) is 9.83. The molecule has 2 heterocycles. The van der Waals surface area contributed by atoms with Crippen LogP contribution in [-0.4, -0.2) is 14.5 Å². The van der Waals surface area contributed by atoms with Gasteiger partial charge in [0.25, 0.3) is 0 Å². The SMILES string of the molecule is Cc1cccc(-n2ccc3c4ncncc4ccc32)c1. The van der Waals surface area contributed by atoms with Gasteiger partial charge in [0.15, 0.2) is 0 Å². The van der Waals surface area contributed by atoms with Crippen molar-refractivity contribution in [3.63, 3.8) is 0 Å². The van der Waals surface area contributed by atoms with E-state index >= 15 is 0 Å². The van der Waals surface area contributed by atoms with Crippen LogP contribution >= 0.6 is 0 Å². The largest absolute Gasteiger partial charge is 0.316 e. The van der Waals surface area contributed by atoms with Crippen molar-refractivity contribution >= 4 is 21.8 Å². The van der Waals surface area contributed by atoms with Crippen molar-refractivity contribution in [1.29, 1.82) is 0 Å². The molecule has 0 aliphatic rings. The summed E-state index contributed by atoms with van der Waals surface area (Å²) in [5, 5.41) is 2.23. The van der Waals surface area contributed by atoms with Crippen LogP contribution in [0.15, 0.2) is 61.2 Å². The van der Waals surface area contributed by atoms with Crippen molar-refractivity contribution in [2.45, 2.75) is 6.92 Å². The lowest BCUT2D eigenvalue weighted by atomic mass is 10.1. The van der Waals surface area contributed by atoms with Crippen molar-refractivity contribution in [3.8, 4) is 5.69 Å². The summed E-state index contributed by atoms with van der Waals surface area (Å²) in [7, 11) is 0. The van der Waals surface area contributed by atoms with Crippen LogP contribution in [0.1, 0.15) is 5.56 Å². The number of benzene rings is 2. The predicted molar refractivity (Wildman–Crippen MR) is 81.1 cm³/mol. The second-order valence-corrected chi connectivity index (χ2v) is 4.98. The zero-order chi connectivity index (χ0) is 13.5. The van der Waals surface area contributed by atoms with Crippen molar-refractivity contribution in [3.05, 3.63) is 66.7 Å². The molecule has 0 unspecified atom stereocenters. The maximum atomic E-state index is 4.41. The Kier molecular flexibility index (Phi) is 2.33. The van der Waals surface area contributed by atoms with E-state index in [-0.39, 0.29) is 0 Å². The van der Waals surface area contributed by atoms with E-state index in [4.69, 9.17) is 0 Å². The number of aromatic nitrogens is 3. The highest BCUT2D eigenvalue weighted by Crippen LogP contribution is 2.26. The molecule has 0 saturated carbocycles. The third-order valence-corrected chi connectivity index (χ3v) is 3.62. The number of nitrogens with zero attached hydrogens (tertiary/aromatic N) is 3. The summed E-state index contributed by atoms with van der Waals surface area (Å²) in [5.74, 6) is 0.